The molecule has 0 spiro atoms. The largest absolute Gasteiger partial charge is 0.441 e. The minimum absolute atomic E-state index is 0.114. The van der Waals surface area contributed by atoms with Gasteiger partial charge in [-0.1, -0.05) is 12.1 Å². The maximum absolute atomic E-state index is 13.8. The maximum atomic E-state index is 13.8. The summed E-state index contributed by atoms with van der Waals surface area (Å²) in [5.74, 6) is 2.70. The number of carbonyl (C=O) groups excluding carboxylic acids is 1. The van der Waals surface area contributed by atoms with Crippen LogP contribution in [0.3, 0.4) is 0 Å². The minimum atomic E-state index is -1.28. The Hall–Kier alpha value is -3.32. The second-order valence-corrected chi connectivity index (χ2v) is 7.40. The summed E-state index contributed by atoms with van der Waals surface area (Å²) in [5.41, 5.74) is 8.09. The number of nitrogens with two attached hydrogens (primary N) is 1. The lowest BCUT2D eigenvalue weighted by Crippen LogP contribution is -2.23. The van der Waals surface area contributed by atoms with Crippen LogP contribution in [-0.4, -0.2) is 43.4 Å². The van der Waals surface area contributed by atoms with E-state index < -0.39 is 6.17 Å². The Bertz CT molecular complexity index is 1010. The Kier molecular flexibility index (Phi) is 8.27. The third kappa shape index (κ3) is 5.88. The number of ether oxygens (including phenoxy) is 2. The van der Waals surface area contributed by atoms with Crippen LogP contribution in [0.5, 0.6) is 5.75 Å². The molecule has 4 N–H and O–H groups in total. The summed E-state index contributed by atoms with van der Waals surface area (Å²) in [6.45, 7) is 1.18. The van der Waals surface area contributed by atoms with Crippen molar-refractivity contribution >= 4 is 17.7 Å². The van der Waals surface area contributed by atoms with Crippen LogP contribution in [-0.2, 0) is 9.53 Å². The van der Waals surface area contributed by atoms with E-state index in [1.165, 1.54) is 12.3 Å². The molecular formula is C24H27FN4O3. The number of aromatic nitrogens is 1. The predicted molar refractivity (Wildman–Crippen MR) is 122 cm³/mol. The highest BCUT2D eigenvalue weighted by atomic mass is 19.1. The Labute approximate surface area is 186 Å². The Balaban J connectivity index is 1.92. The molecule has 1 aromatic heterocycles. The molecule has 1 aromatic carbocycles. The summed E-state index contributed by atoms with van der Waals surface area (Å²) in [6.07, 6.45) is 4.73. The normalized spacial score (nSPS) is 15.5. The van der Waals surface area contributed by atoms with Gasteiger partial charge in [0.15, 0.2) is 5.88 Å². The number of hydrogen-bond acceptors (Lipinski definition) is 7. The summed E-state index contributed by atoms with van der Waals surface area (Å²) in [6, 6.07) is 8.54. The molecule has 1 aliphatic rings. The zero-order valence-corrected chi connectivity index (χ0v) is 17.9. The second kappa shape index (κ2) is 11.3. The molecule has 2 aromatic rings. The van der Waals surface area contributed by atoms with E-state index in [1.54, 1.807) is 49.4 Å². The molecule has 3 rings (SSSR count). The van der Waals surface area contributed by atoms with Crippen LogP contribution in [0.2, 0.25) is 0 Å². The molecule has 0 aliphatic carbocycles. The van der Waals surface area contributed by atoms with Crippen molar-refractivity contribution in [1.82, 2.24) is 10.3 Å². The molecule has 1 aliphatic heterocycles. The first kappa shape index (κ1) is 23.3. The summed E-state index contributed by atoms with van der Waals surface area (Å²) in [5, 5.41) is 11.4. The van der Waals surface area contributed by atoms with E-state index in [0.717, 1.165) is 12.8 Å². The van der Waals surface area contributed by atoms with Crippen molar-refractivity contribution in [2.75, 3.05) is 26.8 Å². The first-order valence-electron chi connectivity index (χ1n) is 10.4. The fourth-order valence-electron chi connectivity index (χ4n) is 3.42. The van der Waals surface area contributed by atoms with E-state index in [2.05, 4.69) is 10.3 Å². The van der Waals surface area contributed by atoms with Gasteiger partial charge >= 0.3 is 0 Å². The lowest BCUT2D eigenvalue weighted by molar-refractivity contribution is 0.0828. The fourth-order valence-corrected chi connectivity index (χ4v) is 3.42. The van der Waals surface area contributed by atoms with Crippen molar-refractivity contribution < 1.29 is 18.7 Å². The van der Waals surface area contributed by atoms with E-state index in [4.69, 9.17) is 20.6 Å². The zero-order valence-electron chi connectivity index (χ0n) is 17.9. The number of benzene rings is 1. The standard InChI is InChI=1S/C24H27FN4O3/c1-28-24(13-21(27)17-7-10-31-11-8-17)32-23-12-16(6-9-30)2-4-19(23)22-5-3-18(15-29-22)20(25)14-26/h2-6,12-13,15,17,20,27-28H,7-8,10-11,14,26H2,1H3/b24-13+,27-21?. The van der Waals surface area contributed by atoms with E-state index in [1.807, 2.05) is 0 Å². The molecule has 1 atom stereocenters. The molecular weight excluding hydrogens is 411 g/mol. The molecule has 8 heteroatoms. The van der Waals surface area contributed by atoms with Crippen molar-refractivity contribution in [1.29, 1.82) is 5.41 Å². The smallest absolute Gasteiger partial charge is 0.195 e. The van der Waals surface area contributed by atoms with E-state index in [-0.39, 0.29) is 12.5 Å². The van der Waals surface area contributed by atoms with E-state index >= 15 is 0 Å². The van der Waals surface area contributed by atoms with Gasteiger partial charge in [-0.15, -0.1) is 0 Å². The molecule has 0 saturated carbocycles. The number of nitrogens with one attached hydrogen (secondary N) is 2. The summed E-state index contributed by atoms with van der Waals surface area (Å²) < 4.78 is 25.3. The first-order chi connectivity index (χ1) is 15.5. The van der Waals surface area contributed by atoms with Crippen LogP contribution in [0.1, 0.15) is 30.1 Å². The summed E-state index contributed by atoms with van der Waals surface area (Å²) >= 11 is 0. The molecule has 32 heavy (non-hydrogen) atoms. The van der Waals surface area contributed by atoms with Crippen LogP contribution in [0.25, 0.3) is 17.3 Å². The fraction of sp³-hybridized carbons (Fsp3) is 0.333. The summed E-state index contributed by atoms with van der Waals surface area (Å²) in [4.78, 5) is 15.2. The quantitative estimate of drug-likeness (QED) is 0.314. The molecule has 1 fully saturated rings. The van der Waals surface area contributed by atoms with Crippen molar-refractivity contribution in [3.05, 3.63) is 59.6 Å². The van der Waals surface area contributed by atoms with Gasteiger partial charge in [0.1, 0.15) is 17.9 Å². The Morgan fingerprint density at radius 3 is 2.81 bits per heavy atom. The zero-order chi connectivity index (χ0) is 22.9. The number of allylic oxidation sites excluding steroid dienone is 1. The average molecular weight is 439 g/mol. The molecule has 168 valence electrons. The van der Waals surface area contributed by atoms with Crippen LogP contribution < -0.4 is 15.8 Å². The number of pyridine rings is 1. The maximum Gasteiger partial charge on any atom is 0.195 e. The van der Waals surface area contributed by atoms with Crippen molar-refractivity contribution in [3.8, 4) is 17.0 Å². The third-order valence-corrected chi connectivity index (χ3v) is 5.28. The van der Waals surface area contributed by atoms with Crippen molar-refractivity contribution in [3.63, 3.8) is 0 Å². The average Bonchev–Trinajstić information content (AvgIpc) is 2.84. The minimum Gasteiger partial charge on any atom is -0.441 e. The van der Waals surface area contributed by atoms with Gasteiger partial charge in [0.05, 0.1) is 5.69 Å². The number of halogens is 1. The van der Waals surface area contributed by atoms with Gasteiger partial charge < -0.3 is 25.9 Å². The van der Waals surface area contributed by atoms with Gasteiger partial charge in [0.25, 0.3) is 0 Å². The Morgan fingerprint density at radius 2 is 2.19 bits per heavy atom. The number of nitrogens with zero attached hydrogens (tertiary/aromatic N) is 1. The third-order valence-electron chi connectivity index (χ3n) is 5.28. The van der Waals surface area contributed by atoms with Gasteiger partial charge in [-0.2, -0.15) is 0 Å². The molecule has 7 nitrogen and oxygen atoms in total. The Morgan fingerprint density at radius 1 is 1.41 bits per heavy atom. The lowest BCUT2D eigenvalue weighted by atomic mass is 9.94. The predicted octanol–water partition coefficient (Wildman–Crippen LogP) is 3.45. The van der Waals surface area contributed by atoms with Crippen LogP contribution >= 0.6 is 0 Å². The van der Waals surface area contributed by atoms with Crippen LogP contribution in [0.4, 0.5) is 4.39 Å². The SMILES string of the molecule is CN/C(=C\C(=N)C1CCOCC1)Oc1cc(C=C=O)ccc1-c1ccc(C(F)CN)cn1. The topological polar surface area (TPSA) is 110 Å². The highest BCUT2D eigenvalue weighted by Gasteiger charge is 2.19. The van der Waals surface area contributed by atoms with Gasteiger partial charge in [0.2, 0.25) is 0 Å². The molecule has 0 amide bonds. The number of alkyl halides is 1. The highest BCUT2D eigenvalue weighted by Crippen LogP contribution is 2.32. The molecule has 0 radical (unpaired) electrons. The van der Waals surface area contributed by atoms with Crippen molar-refractivity contribution in [2.24, 2.45) is 11.7 Å². The highest BCUT2D eigenvalue weighted by molar-refractivity contribution is 5.94. The van der Waals surface area contributed by atoms with Crippen LogP contribution in [0, 0.1) is 11.3 Å². The second-order valence-electron chi connectivity index (χ2n) is 7.40. The van der Waals surface area contributed by atoms with Gasteiger partial charge in [-0.25, -0.2) is 9.18 Å². The van der Waals surface area contributed by atoms with E-state index in [9.17, 15) is 9.18 Å². The summed E-state index contributed by atoms with van der Waals surface area (Å²) in [7, 11) is 1.71. The molecule has 2 heterocycles. The lowest BCUT2D eigenvalue weighted by Gasteiger charge is -2.22. The van der Waals surface area contributed by atoms with Crippen molar-refractivity contribution in [2.45, 2.75) is 19.0 Å². The molecule has 1 saturated heterocycles. The van der Waals surface area contributed by atoms with Gasteiger partial charge in [0, 0.05) is 67.9 Å². The molecule has 0 bridgehead atoms. The first-order valence-corrected chi connectivity index (χ1v) is 10.4. The monoisotopic (exact) mass is 438 g/mol. The van der Waals surface area contributed by atoms with E-state index in [0.29, 0.717) is 52.9 Å². The van der Waals surface area contributed by atoms with Gasteiger partial charge in [-0.3, -0.25) is 4.98 Å². The molecule has 1 unspecified atom stereocenters. The number of hydrogen-bond donors (Lipinski definition) is 3. The van der Waals surface area contributed by atoms with Gasteiger partial charge in [-0.05, 0) is 36.6 Å². The number of rotatable bonds is 9. The van der Waals surface area contributed by atoms with Crippen LogP contribution in [0.15, 0.2) is 48.5 Å².